The van der Waals surface area contributed by atoms with E-state index < -0.39 is 0 Å². The van der Waals surface area contributed by atoms with Gasteiger partial charge in [-0.2, -0.15) is 0 Å². The van der Waals surface area contributed by atoms with Crippen molar-refractivity contribution < 1.29 is 4.74 Å². The zero-order valence-electron chi connectivity index (χ0n) is 6.81. The Kier molecular flexibility index (Phi) is 2.41. The lowest BCUT2D eigenvalue weighted by molar-refractivity contribution is 0.0936. The molecule has 0 radical (unpaired) electrons. The summed E-state index contributed by atoms with van der Waals surface area (Å²) in [5, 5.41) is 6.75. The number of piperazine rings is 1. The van der Waals surface area contributed by atoms with Crippen LogP contribution in [0.1, 0.15) is 12.8 Å². The molecule has 1 aliphatic heterocycles. The summed E-state index contributed by atoms with van der Waals surface area (Å²) in [5.41, 5.74) is 0. The van der Waals surface area contributed by atoms with E-state index in [9.17, 15) is 0 Å². The van der Waals surface area contributed by atoms with Gasteiger partial charge in [-0.05, 0) is 12.8 Å². The quantitative estimate of drug-likeness (QED) is 0.590. The van der Waals surface area contributed by atoms with Crippen molar-refractivity contribution in [3.8, 4) is 0 Å². The van der Waals surface area contributed by atoms with E-state index in [1.807, 2.05) is 0 Å². The molecular formula is C8H16N2O. The Morgan fingerprint density at radius 2 is 2.18 bits per heavy atom. The van der Waals surface area contributed by atoms with E-state index in [-0.39, 0.29) is 0 Å². The second-order valence-electron chi connectivity index (χ2n) is 3.39. The maximum atomic E-state index is 5.59. The molecule has 0 bridgehead atoms. The fourth-order valence-electron chi connectivity index (χ4n) is 1.32. The molecule has 3 heteroatoms. The van der Waals surface area contributed by atoms with Gasteiger partial charge in [0.1, 0.15) is 0 Å². The first-order chi connectivity index (χ1) is 5.45. The fourth-order valence-corrected chi connectivity index (χ4v) is 1.32. The standard InChI is InChI=1S/C8H16N2O/c1-2-8(1)11-6-7-5-9-3-4-10-7/h7-10H,1-6H2/t7-/m0/s1. The predicted molar refractivity (Wildman–Crippen MR) is 43.6 cm³/mol. The van der Waals surface area contributed by atoms with Crippen molar-refractivity contribution in [1.29, 1.82) is 0 Å². The molecule has 1 heterocycles. The Labute approximate surface area is 67.5 Å². The van der Waals surface area contributed by atoms with Gasteiger partial charge in [-0.25, -0.2) is 0 Å². The molecule has 64 valence electrons. The molecule has 0 aromatic rings. The first-order valence-electron chi connectivity index (χ1n) is 4.51. The van der Waals surface area contributed by atoms with E-state index in [0.717, 1.165) is 26.2 Å². The minimum atomic E-state index is 0.546. The molecule has 0 unspecified atom stereocenters. The van der Waals surface area contributed by atoms with Gasteiger partial charge in [0.25, 0.3) is 0 Å². The molecule has 1 saturated carbocycles. The van der Waals surface area contributed by atoms with Gasteiger partial charge >= 0.3 is 0 Å². The Hall–Kier alpha value is -0.120. The smallest absolute Gasteiger partial charge is 0.0635 e. The average molecular weight is 156 g/mol. The van der Waals surface area contributed by atoms with Crippen LogP contribution in [-0.4, -0.2) is 38.4 Å². The van der Waals surface area contributed by atoms with Crippen molar-refractivity contribution in [3.63, 3.8) is 0 Å². The van der Waals surface area contributed by atoms with Gasteiger partial charge in [-0.3, -0.25) is 0 Å². The summed E-state index contributed by atoms with van der Waals surface area (Å²) in [5.74, 6) is 0. The minimum Gasteiger partial charge on any atom is -0.377 e. The molecule has 1 atom stereocenters. The van der Waals surface area contributed by atoms with Gasteiger partial charge in [0.05, 0.1) is 12.7 Å². The Morgan fingerprint density at radius 1 is 1.27 bits per heavy atom. The van der Waals surface area contributed by atoms with Crippen LogP contribution in [0, 0.1) is 0 Å². The van der Waals surface area contributed by atoms with E-state index in [4.69, 9.17) is 4.74 Å². The van der Waals surface area contributed by atoms with E-state index in [1.54, 1.807) is 0 Å². The van der Waals surface area contributed by atoms with Crippen molar-refractivity contribution in [2.45, 2.75) is 25.0 Å². The van der Waals surface area contributed by atoms with Crippen LogP contribution in [0.25, 0.3) is 0 Å². The van der Waals surface area contributed by atoms with Gasteiger partial charge in [-0.1, -0.05) is 0 Å². The molecule has 2 rings (SSSR count). The molecule has 2 N–H and O–H groups in total. The third-order valence-electron chi connectivity index (χ3n) is 2.18. The first-order valence-corrected chi connectivity index (χ1v) is 4.51. The van der Waals surface area contributed by atoms with E-state index in [1.165, 1.54) is 12.8 Å². The second-order valence-corrected chi connectivity index (χ2v) is 3.39. The largest absolute Gasteiger partial charge is 0.377 e. The summed E-state index contributed by atoms with van der Waals surface area (Å²) in [6.45, 7) is 4.13. The number of hydrogen-bond acceptors (Lipinski definition) is 3. The highest BCUT2D eigenvalue weighted by Gasteiger charge is 2.23. The summed E-state index contributed by atoms with van der Waals surface area (Å²) in [6, 6.07) is 0.546. The monoisotopic (exact) mass is 156 g/mol. The third kappa shape index (κ3) is 2.43. The highest BCUT2D eigenvalue weighted by Crippen LogP contribution is 2.23. The summed E-state index contributed by atoms with van der Waals surface area (Å²) in [6.07, 6.45) is 3.15. The lowest BCUT2D eigenvalue weighted by Crippen LogP contribution is -2.50. The van der Waals surface area contributed by atoms with Crippen molar-refractivity contribution in [2.24, 2.45) is 0 Å². The predicted octanol–water partition coefficient (Wildman–Crippen LogP) is -0.273. The number of rotatable bonds is 3. The van der Waals surface area contributed by atoms with Crippen LogP contribution in [0.15, 0.2) is 0 Å². The van der Waals surface area contributed by atoms with E-state index >= 15 is 0 Å². The number of hydrogen-bond donors (Lipinski definition) is 2. The van der Waals surface area contributed by atoms with Crippen molar-refractivity contribution >= 4 is 0 Å². The molecule has 0 amide bonds. The first kappa shape index (κ1) is 7.53. The Balaban J connectivity index is 1.59. The zero-order chi connectivity index (χ0) is 7.52. The fraction of sp³-hybridized carbons (Fsp3) is 1.00. The second kappa shape index (κ2) is 3.52. The van der Waals surface area contributed by atoms with Crippen LogP contribution < -0.4 is 10.6 Å². The molecule has 1 saturated heterocycles. The van der Waals surface area contributed by atoms with Crippen LogP contribution in [0.3, 0.4) is 0 Å². The maximum absolute atomic E-state index is 5.59. The molecule has 0 aromatic carbocycles. The van der Waals surface area contributed by atoms with Crippen molar-refractivity contribution in [1.82, 2.24) is 10.6 Å². The normalized spacial score (nSPS) is 32.2. The van der Waals surface area contributed by atoms with Crippen LogP contribution in [0.4, 0.5) is 0 Å². The molecule has 11 heavy (non-hydrogen) atoms. The van der Waals surface area contributed by atoms with Gasteiger partial charge < -0.3 is 15.4 Å². The summed E-state index contributed by atoms with van der Waals surface area (Å²) < 4.78 is 5.59. The molecule has 2 aliphatic rings. The van der Waals surface area contributed by atoms with Gasteiger partial charge in [0, 0.05) is 25.7 Å². The summed E-state index contributed by atoms with van der Waals surface area (Å²) in [4.78, 5) is 0. The van der Waals surface area contributed by atoms with Crippen molar-refractivity contribution in [3.05, 3.63) is 0 Å². The lowest BCUT2D eigenvalue weighted by Gasteiger charge is -2.24. The molecule has 0 spiro atoms. The van der Waals surface area contributed by atoms with Crippen LogP contribution >= 0.6 is 0 Å². The third-order valence-corrected chi connectivity index (χ3v) is 2.18. The van der Waals surface area contributed by atoms with Crippen LogP contribution in [-0.2, 0) is 4.74 Å². The molecule has 3 nitrogen and oxygen atoms in total. The lowest BCUT2D eigenvalue weighted by atomic mass is 10.2. The summed E-state index contributed by atoms with van der Waals surface area (Å²) in [7, 11) is 0. The Morgan fingerprint density at radius 3 is 2.82 bits per heavy atom. The Bertz CT molecular complexity index is 119. The van der Waals surface area contributed by atoms with Gasteiger partial charge in [0.2, 0.25) is 0 Å². The number of nitrogens with one attached hydrogen (secondary N) is 2. The average Bonchev–Trinajstić information content (AvgIpc) is 2.86. The van der Waals surface area contributed by atoms with Crippen LogP contribution in [0.2, 0.25) is 0 Å². The number of ether oxygens (including phenoxy) is 1. The van der Waals surface area contributed by atoms with E-state index in [2.05, 4.69) is 10.6 Å². The van der Waals surface area contributed by atoms with Gasteiger partial charge in [-0.15, -0.1) is 0 Å². The summed E-state index contributed by atoms with van der Waals surface area (Å²) >= 11 is 0. The molecule has 1 aliphatic carbocycles. The maximum Gasteiger partial charge on any atom is 0.0635 e. The SMILES string of the molecule is C1CN[C@H](COC2CC2)CN1. The van der Waals surface area contributed by atoms with Crippen molar-refractivity contribution in [2.75, 3.05) is 26.2 Å². The zero-order valence-corrected chi connectivity index (χ0v) is 6.81. The molecule has 2 fully saturated rings. The molecule has 0 aromatic heterocycles. The van der Waals surface area contributed by atoms with E-state index in [0.29, 0.717) is 12.1 Å². The van der Waals surface area contributed by atoms with Crippen LogP contribution in [0.5, 0.6) is 0 Å². The highest BCUT2D eigenvalue weighted by atomic mass is 16.5. The minimum absolute atomic E-state index is 0.546. The van der Waals surface area contributed by atoms with Gasteiger partial charge in [0.15, 0.2) is 0 Å². The topological polar surface area (TPSA) is 33.3 Å². The molecular weight excluding hydrogens is 140 g/mol. The highest BCUT2D eigenvalue weighted by molar-refractivity contribution is 4.78.